The molecule has 2 aromatic rings. The van der Waals surface area contributed by atoms with E-state index >= 15 is 0 Å². The Morgan fingerprint density at radius 1 is 1.10 bits per heavy atom. The number of benzene rings is 2. The Hall–Kier alpha value is -1.94. The van der Waals surface area contributed by atoms with Gasteiger partial charge in [0, 0.05) is 10.6 Å². The Balaban J connectivity index is 1.99. The van der Waals surface area contributed by atoms with Crippen molar-refractivity contribution in [2.45, 2.75) is 30.0 Å². The molecule has 4 heteroatoms. The summed E-state index contributed by atoms with van der Waals surface area (Å²) in [6.07, 6.45) is 0. The molecule has 0 radical (unpaired) electrons. The second kappa shape index (κ2) is 5.11. The predicted molar refractivity (Wildman–Crippen MR) is 88.4 cm³/mol. The number of hydrogen-bond donors (Lipinski definition) is 1. The van der Waals surface area contributed by atoms with Gasteiger partial charge in [0.25, 0.3) is 0 Å². The number of para-hydroxylation sites is 1. The third kappa shape index (κ3) is 2.63. The van der Waals surface area contributed by atoms with Gasteiger partial charge in [-0.15, -0.1) is 11.8 Å². The Morgan fingerprint density at radius 3 is 2.48 bits per heavy atom. The normalized spacial score (nSPS) is 16.7. The summed E-state index contributed by atoms with van der Waals surface area (Å²) in [4.78, 5) is 15.8. The van der Waals surface area contributed by atoms with Gasteiger partial charge in [-0.1, -0.05) is 24.3 Å². The van der Waals surface area contributed by atoms with Crippen LogP contribution in [0.25, 0.3) is 0 Å². The number of nitrogens with zero attached hydrogens (tertiary/aromatic N) is 1. The van der Waals surface area contributed by atoms with Crippen LogP contribution >= 0.6 is 11.8 Å². The SMILES string of the molecule is CC1(C)Sc2ccccc2N(Cc2ccc(N)cc2)C1=O. The van der Waals surface area contributed by atoms with Crippen molar-refractivity contribution in [1.29, 1.82) is 0 Å². The molecule has 2 aromatic carbocycles. The van der Waals surface area contributed by atoms with E-state index in [4.69, 9.17) is 5.73 Å². The van der Waals surface area contributed by atoms with Gasteiger partial charge in [-0.3, -0.25) is 4.79 Å². The van der Waals surface area contributed by atoms with Gasteiger partial charge in [0.05, 0.1) is 17.0 Å². The van der Waals surface area contributed by atoms with Crippen LogP contribution in [0.1, 0.15) is 19.4 Å². The molecule has 0 spiro atoms. The van der Waals surface area contributed by atoms with Crippen molar-refractivity contribution >= 4 is 29.0 Å². The van der Waals surface area contributed by atoms with Crippen molar-refractivity contribution in [3.05, 3.63) is 54.1 Å². The van der Waals surface area contributed by atoms with Gasteiger partial charge < -0.3 is 10.6 Å². The summed E-state index contributed by atoms with van der Waals surface area (Å²) in [6.45, 7) is 4.53. The molecule has 0 bridgehead atoms. The number of carbonyl (C=O) groups excluding carboxylic acids is 1. The summed E-state index contributed by atoms with van der Waals surface area (Å²) in [6, 6.07) is 15.8. The van der Waals surface area contributed by atoms with Crippen LogP contribution in [0.3, 0.4) is 0 Å². The lowest BCUT2D eigenvalue weighted by Gasteiger charge is -2.38. The second-order valence-electron chi connectivity index (χ2n) is 5.71. The van der Waals surface area contributed by atoms with E-state index in [2.05, 4.69) is 6.07 Å². The summed E-state index contributed by atoms with van der Waals surface area (Å²) in [5.41, 5.74) is 8.53. The lowest BCUT2D eigenvalue weighted by Crippen LogP contribution is -2.46. The summed E-state index contributed by atoms with van der Waals surface area (Å²) in [5.74, 6) is 0.142. The van der Waals surface area contributed by atoms with Crippen molar-refractivity contribution in [1.82, 2.24) is 0 Å². The fourth-order valence-corrected chi connectivity index (χ4v) is 3.66. The first kappa shape index (κ1) is 14.0. The zero-order valence-electron chi connectivity index (χ0n) is 12.2. The molecule has 0 atom stereocenters. The highest BCUT2D eigenvalue weighted by molar-refractivity contribution is 8.01. The summed E-state index contributed by atoms with van der Waals surface area (Å²) in [5, 5.41) is 0. The maximum Gasteiger partial charge on any atom is 0.243 e. The number of anilines is 2. The minimum absolute atomic E-state index is 0.142. The lowest BCUT2D eigenvalue weighted by atomic mass is 10.1. The van der Waals surface area contributed by atoms with Gasteiger partial charge in [-0.25, -0.2) is 0 Å². The molecule has 0 unspecified atom stereocenters. The maximum absolute atomic E-state index is 12.8. The van der Waals surface area contributed by atoms with Crippen molar-refractivity contribution in [2.24, 2.45) is 0 Å². The molecule has 0 saturated heterocycles. The number of nitrogens with two attached hydrogens (primary N) is 1. The second-order valence-corrected chi connectivity index (χ2v) is 7.38. The van der Waals surface area contributed by atoms with Gasteiger partial charge in [0.1, 0.15) is 0 Å². The molecular weight excluding hydrogens is 280 g/mol. The molecule has 2 N–H and O–H groups in total. The van der Waals surface area contributed by atoms with E-state index in [0.29, 0.717) is 6.54 Å². The van der Waals surface area contributed by atoms with E-state index in [0.717, 1.165) is 21.8 Å². The molecule has 3 rings (SSSR count). The molecule has 21 heavy (non-hydrogen) atoms. The first-order valence-electron chi connectivity index (χ1n) is 6.92. The quantitative estimate of drug-likeness (QED) is 0.860. The van der Waals surface area contributed by atoms with Crippen molar-refractivity contribution < 1.29 is 4.79 Å². The fourth-order valence-electron chi connectivity index (χ4n) is 2.48. The van der Waals surface area contributed by atoms with Crippen LogP contribution in [-0.4, -0.2) is 10.7 Å². The van der Waals surface area contributed by atoms with E-state index in [1.54, 1.807) is 11.8 Å². The molecule has 108 valence electrons. The van der Waals surface area contributed by atoms with Gasteiger partial charge in [0.15, 0.2) is 0 Å². The minimum Gasteiger partial charge on any atom is -0.399 e. The smallest absolute Gasteiger partial charge is 0.243 e. The van der Waals surface area contributed by atoms with Crippen molar-refractivity contribution in [2.75, 3.05) is 10.6 Å². The highest BCUT2D eigenvalue weighted by Gasteiger charge is 2.39. The van der Waals surface area contributed by atoms with Crippen LogP contribution in [0, 0.1) is 0 Å². The zero-order chi connectivity index (χ0) is 15.0. The minimum atomic E-state index is -0.442. The van der Waals surface area contributed by atoms with Crippen LogP contribution in [0.4, 0.5) is 11.4 Å². The van der Waals surface area contributed by atoms with Crippen LogP contribution in [0.15, 0.2) is 53.4 Å². The molecule has 1 aliphatic heterocycles. The number of hydrogen-bond acceptors (Lipinski definition) is 3. The monoisotopic (exact) mass is 298 g/mol. The summed E-state index contributed by atoms with van der Waals surface area (Å²) < 4.78 is -0.442. The third-order valence-electron chi connectivity index (χ3n) is 3.60. The van der Waals surface area contributed by atoms with Gasteiger partial charge in [-0.2, -0.15) is 0 Å². The van der Waals surface area contributed by atoms with E-state index in [1.807, 2.05) is 61.2 Å². The Morgan fingerprint density at radius 2 is 1.76 bits per heavy atom. The molecule has 3 nitrogen and oxygen atoms in total. The number of carbonyl (C=O) groups is 1. The highest BCUT2D eigenvalue weighted by Crippen LogP contribution is 2.45. The summed E-state index contributed by atoms with van der Waals surface area (Å²) >= 11 is 1.63. The van der Waals surface area contributed by atoms with Crippen LogP contribution in [0.2, 0.25) is 0 Å². The predicted octanol–water partition coefficient (Wildman–Crippen LogP) is 3.69. The van der Waals surface area contributed by atoms with E-state index in [-0.39, 0.29) is 5.91 Å². The Bertz CT molecular complexity index is 679. The number of nitrogen functional groups attached to an aromatic ring is 1. The average molecular weight is 298 g/mol. The Labute approximate surface area is 129 Å². The molecule has 0 fully saturated rings. The Kier molecular flexibility index (Phi) is 3.41. The molecule has 0 aliphatic carbocycles. The molecule has 0 aromatic heterocycles. The maximum atomic E-state index is 12.8. The van der Waals surface area contributed by atoms with Crippen LogP contribution in [0.5, 0.6) is 0 Å². The number of rotatable bonds is 2. The molecule has 1 heterocycles. The van der Waals surface area contributed by atoms with E-state index in [1.165, 1.54) is 0 Å². The molecular formula is C17H18N2OS. The highest BCUT2D eigenvalue weighted by atomic mass is 32.2. The number of amides is 1. The first-order valence-corrected chi connectivity index (χ1v) is 7.73. The topological polar surface area (TPSA) is 46.3 Å². The van der Waals surface area contributed by atoms with Gasteiger partial charge in [-0.05, 0) is 43.7 Å². The number of fused-ring (bicyclic) bond motifs is 1. The van der Waals surface area contributed by atoms with Crippen LogP contribution < -0.4 is 10.6 Å². The first-order chi connectivity index (χ1) is 9.97. The van der Waals surface area contributed by atoms with Crippen molar-refractivity contribution in [3.8, 4) is 0 Å². The molecule has 0 saturated carbocycles. The molecule has 1 amide bonds. The van der Waals surface area contributed by atoms with Crippen LogP contribution in [-0.2, 0) is 11.3 Å². The largest absolute Gasteiger partial charge is 0.399 e. The average Bonchev–Trinajstić information content (AvgIpc) is 2.45. The molecule has 1 aliphatic rings. The van der Waals surface area contributed by atoms with E-state index < -0.39 is 4.75 Å². The fraction of sp³-hybridized carbons (Fsp3) is 0.235. The lowest BCUT2D eigenvalue weighted by molar-refractivity contribution is -0.120. The van der Waals surface area contributed by atoms with Gasteiger partial charge >= 0.3 is 0 Å². The third-order valence-corrected chi connectivity index (χ3v) is 4.85. The van der Waals surface area contributed by atoms with Gasteiger partial charge in [0.2, 0.25) is 5.91 Å². The number of thioether (sulfide) groups is 1. The zero-order valence-corrected chi connectivity index (χ0v) is 13.0. The van der Waals surface area contributed by atoms with E-state index in [9.17, 15) is 4.79 Å². The standard InChI is InChI=1S/C17H18N2OS/c1-17(2)16(20)19(11-12-7-9-13(18)10-8-12)14-5-3-4-6-15(14)21-17/h3-10H,11,18H2,1-2H3. The van der Waals surface area contributed by atoms with Crippen molar-refractivity contribution in [3.63, 3.8) is 0 Å². The summed E-state index contributed by atoms with van der Waals surface area (Å²) in [7, 11) is 0.